The summed E-state index contributed by atoms with van der Waals surface area (Å²) in [7, 11) is 0. The van der Waals surface area contributed by atoms with E-state index in [1.54, 1.807) is 0 Å². The molecule has 5 radical (unpaired) electrons. The number of amides is 1. The number of hydrogen-bond donors (Lipinski definition) is 1. The molecule has 17 heavy (non-hydrogen) atoms. The number of benzene rings is 1. The average Bonchev–Trinajstić information content (AvgIpc) is 2.91. The van der Waals surface area contributed by atoms with E-state index in [0.717, 1.165) is 28.3 Å². The molecule has 3 rings (SSSR count). The number of para-hydroxylation sites is 1. The molecule has 0 bridgehead atoms. The fourth-order valence-electron chi connectivity index (χ4n) is 2.16. The number of allylic oxidation sites excluding steroid dienone is 1. The summed E-state index contributed by atoms with van der Waals surface area (Å²) in [6.07, 6.45) is 9.86. The largest absolute Gasteiger partial charge is 0.321 e. The Balaban J connectivity index is 2.02. The van der Waals surface area contributed by atoms with E-state index in [9.17, 15) is 4.79 Å². The fourth-order valence-corrected chi connectivity index (χ4v) is 2.16. The Morgan fingerprint density at radius 2 is 1.94 bits per heavy atom. The monoisotopic (exact) mass is 222 g/mol. The minimum atomic E-state index is -0.0181. The molecule has 1 aromatic rings. The Labute approximate surface area is 102 Å². The molecule has 1 N–H and O–H groups in total. The molecule has 0 saturated heterocycles. The van der Waals surface area contributed by atoms with Crippen molar-refractivity contribution < 1.29 is 4.79 Å². The third kappa shape index (κ3) is 1.78. The third-order valence-electron chi connectivity index (χ3n) is 3.05. The molecule has 83 valence electrons. The first-order valence-electron chi connectivity index (χ1n) is 5.60. The van der Waals surface area contributed by atoms with Gasteiger partial charge in [-0.15, -0.1) is 0 Å². The molecule has 0 spiro atoms. The summed E-state index contributed by atoms with van der Waals surface area (Å²) in [6, 6.07) is 5.97. The lowest BCUT2D eigenvalue weighted by molar-refractivity contribution is -0.110. The summed E-state index contributed by atoms with van der Waals surface area (Å²) in [4.78, 5) is 11.9. The van der Waals surface area contributed by atoms with Crippen molar-refractivity contribution in [3.05, 3.63) is 67.0 Å². The van der Waals surface area contributed by atoms with E-state index in [1.165, 1.54) is 0 Å². The SMILES string of the molecule is Cc1cccc2c1NC(=O)/C2=C/[C]1[CH][CH][CH][CH]1. The maximum Gasteiger partial charge on any atom is 0.256 e. The molecule has 0 atom stereocenters. The van der Waals surface area contributed by atoms with Crippen molar-refractivity contribution in [3.63, 3.8) is 0 Å². The van der Waals surface area contributed by atoms with Gasteiger partial charge in [0.2, 0.25) is 0 Å². The van der Waals surface area contributed by atoms with E-state index in [2.05, 4.69) is 5.32 Å². The third-order valence-corrected chi connectivity index (χ3v) is 3.05. The molecule has 1 fully saturated rings. The highest BCUT2D eigenvalue weighted by molar-refractivity contribution is 6.32. The number of rotatable bonds is 1. The van der Waals surface area contributed by atoms with Crippen LogP contribution in [0.25, 0.3) is 5.57 Å². The second kappa shape index (κ2) is 4.02. The summed E-state index contributed by atoms with van der Waals surface area (Å²) in [5.41, 5.74) is 3.78. The highest BCUT2D eigenvalue weighted by atomic mass is 16.2. The molecule has 2 nitrogen and oxygen atoms in total. The van der Waals surface area contributed by atoms with Crippen LogP contribution < -0.4 is 5.32 Å². The van der Waals surface area contributed by atoms with Crippen LogP contribution in [-0.4, -0.2) is 5.91 Å². The van der Waals surface area contributed by atoms with Gasteiger partial charge in [-0.1, -0.05) is 24.3 Å². The van der Waals surface area contributed by atoms with Gasteiger partial charge in [-0.3, -0.25) is 4.79 Å². The summed E-state index contributed by atoms with van der Waals surface area (Å²) in [6.45, 7) is 2.00. The predicted molar refractivity (Wildman–Crippen MR) is 68.2 cm³/mol. The smallest absolute Gasteiger partial charge is 0.256 e. The Kier molecular flexibility index (Phi) is 2.50. The minimum absolute atomic E-state index is 0.0181. The summed E-state index contributed by atoms with van der Waals surface area (Å²) >= 11 is 0. The van der Waals surface area contributed by atoms with Crippen LogP contribution in [-0.2, 0) is 4.79 Å². The average molecular weight is 222 g/mol. The Hall–Kier alpha value is -1.57. The molecule has 0 aromatic heterocycles. The fraction of sp³-hybridized carbons (Fsp3) is 0.0667. The molecule has 1 saturated carbocycles. The van der Waals surface area contributed by atoms with Gasteiger partial charge in [0.25, 0.3) is 5.91 Å². The first-order chi connectivity index (χ1) is 8.25. The van der Waals surface area contributed by atoms with Gasteiger partial charge >= 0.3 is 0 Å². The van der Waals surface area contributed by atoms with Gasteiger partial charge in [0.05, 0.1) is 5.69 Å². The van der Waals surface area contributed by atoms with Gasteiger partial charge in [-0.2, -0.15) is 0 Å². The Bertz CT molecular complexity index is 496. The second-order valence-corrected chi connectivity index (χ2v) is 4.23. The number of fused-ring (bicyclic) bond motifs is 1. The second-order valence-electron chi connectivity index (χ2n) is 4.23. The molecule has 1 aromatic carbocycles. The van der Waals surface area contributed by atoms with Crippen molar-refractivity contribution in [3.8, 4) is 0 Å². The van der Waals surface area contributed by atoms with Crippen LogP contribution in [0.3, 0.4) is 0 Å². The maximum atomic E-state index is 11.9. The first-order valence-corrected chi connectivity index (χ1v) is 5.60. The summed E-state index contributed by atoms with van der Waals surface area (Å²) in [5, 5.41) is 2.92. The van der Waals surface area contributed by atoms with Gasteiger partial charge in [-0.25, -0.2) is 0 Å². The van der Waals surface area contributed by atoms with Crippen molar-refractivity contribution in [1.82, 2.24) is 0 Å². The zero-order valence-electron chi connectivity index (χ0n) is 9.53. The van der Waals surface area contributed by atoms with E-state index < -0.39 is 0 Å². The highest BCUT2D eigenvalue weighted by Gasteiger charge is 2.27. The van der Waals surface area contributed by atoms with Crippen LogP contribution in [0.4, 0.5) is 5.69 Å². The standard InChI is InChI=1S/C15H12NO/c1-10-5-4-8-12-13(15(17)16-14(10)12)9-11-6-2-3-7-11/h2-9H,1H3,(H,16,17)/b13-9+. The van der Waals surface area contributed by atoms with E-state index in [-0.39, 0.29) is 5.91 Å². The van der Waals surface area contributed by atoms with Gasteiger partial charge in [-0.05, 0) is 38.2 Å². The summed E-state index contributed by atoms with van der Waals surface area (Å²) < 4.78 is 0. The highest BCUT2D eigenvalue weighted by Crippen LogP contribution is 2.36. The first kappa shape index (κ1) is 10.6. The molecule has 2 aliphatic rings. The van der Waals surface area contributed by atoms with Gasteiger partial charge < -0.3 is 5.32 Å². The molecule has 2 heteroatoms. The Morgan fingerprint density at radius 3 is 2.71 bits per heavy atom. The molecule has 1 amide bonds. The maximum absolute atomic E-state index is 11.9. The van der Waals surface area contributed by atoms with Gasteiger partial charge in [0.1, 0.15) is 0 Å². The molecule has 1 heterocycles. The lowest BCUT2D eigenvalue weighted by Crippen LogP contribution is -2.05. The van der Waals surface area contributed by atoms with Crippen LogP contribution in [0.2, 0.25) is 0 Å². The molecule has 0 unspecified atom stereocenters. The molecular formula is C15H12NO. The van der Waals surface area contributed by atoms with E-state index in [1.807, 2.05) is 56.9 Å². The number of anilines is 1. The van der Waals surface area contributed by atoms with E-state index >= 15 is 0 Å². The van der Waals surface area contributed by atoms with Crippen LogP contribution >= 0.6 is 0 Å². The zero-order valence-corrected chi connectivity index (χ0v) is 9.53. The molecule has 1 aliphatic heterocycles. The zero-order chi connectivity index (χ0) is 11.8. The quantitative estimate of drug-likeness (QED) is 0.727. The van der Waals surface area contributed by atoms with Crippen LogP contribution in [0.1, 0.15) is 11.1 Å². The van der Waals surface area contributed by atoms with Gasteiger partial charge in [0, 0.05) is 17.1 Å². The van der Waals surface area contributed by atoms with E-state index in [4.69, 9.17) is 0 Å². The van der Waals surface area contributed by atoms with Crippen LogP contribution in [0.5, 0.6) is 0 Å². The van der Waals surface area contributed by atoms with Crippen molar-refractivity contribution >= 4 is 17.2 Å². The topological polar surface area (TPSA) is 29.1 Å². The number of carbonyl (C=O) groups excluding carboxylic acids is 1. The lowest BCUT2D eigenvalue weighted by atomic mass is 9.98. The van der Waals surface area contributed by atoms with Gasteiger partial charge in [0.15, 0.2) is 0 Å². The molecular weight excluding hydrogens is 210 g/mol. The normalized spacial score (nSPS) is 21.9. The van der Waals surface area contributed by atoms with E-state index in [0.29, 0.717) is 0 Å². The van der Waals surface area contributed by atoms with Crippen molar-refractivity contribution in [2.45, 2.75) is 6.92 Å². The van der Waals surface area contributed by atoms with Crippen molar-refractivity contribution in [1.29, 1.82) is 0 Å². The lowest BCUT2D eigenvalue weighted by Gasteiger charge is -2.03. The Morgan fingerprint density at radius 1 is 1.18 bits per heavy atom. The number of aryl methyl sites for hydroxylation is 1. The molecule has 1 aliphatic carbocycles. The van der Waals surface area contributed by atoms with Crippen LogP contribution in [0.15, 0.2) is 24.3 Å². The summed E-state index contributed by atoms with van der Waals surface area (Å²) in [5.74, 6) is 1.04. The van der Waals surface area contributed by atoms with Crippen LogP contribution in [0, 0.1) is 38.5 Å². The number of carbonyl (C=O) groups is 1. The minimum Gasteiger partial charge on any atom is -0.321 e. The van der Waals surface area contributed by atoms with Crippen molar-refractivity contribution in [2.24, 2.45) is 0 Å². The van der Waals surface area contributed by atoms with Crippen molar-refractivity contribution in [2.75, 3.05) is 5.32 Å². The number of nitrogens with one attached hydrogen (secondary N) is 1. The predicted octanol–water partition coefficient (Wildman–Crippen LogP) is 2.74. The number of hydrogen-bond acceptors (Lipinski definition) is 1.